The summed E-state index contributed by atoms with van der Waals surface area (Å²) < 4.78 is 0. The molecule has 2 heterocycles. The number of amides is 2. The second-order valence-electron chi connectivity index (χ2n) is 10.1. The molecule has 12 nitrogen and oxygen atoms in total. The van der Waals surface area contributed by atoms with E-state index in [1.807, 2.05) is 0 Å². The smallest absolute Gasteiger partial charge is 0.237 e. The van der Waals surface area contributed by atoms with Crippen LogP contribution in [0.5, 0.6) is 0 Å². The van der Waals surface area contributed by atoms with Crippen molar-refractivity contribution in [1.29, 1.82) is 0 Å². The zero-order chi connectivity index (χ0) is 23.9. The maximum absolute atomic E-state index is 12.2. The van der Waals surface area contributed by atoms with E-state index in [-0.39, 0.29) is 47.1 Å². The Labute approximate surface area is 200 Å². The summed E-state index contributed by atoms with van der Waals surface area (Å²) in [6.45, 7) is 1.34. The van der Waals surface area contributed by atoms with Crippen LogP contribution in [0.3, 0.4) is 0 Å². The van der Waals surface area contributed by atoms with Crippen molar-refractivity contribution in [1.82, 2.24) is 32.3 Å². The van der Waals surface area contributed by atoms with Gasteiger partial charge in [-0.05, 0) is 51.0 Å². The van der Waals surface area contributed by atoms with Crippen LogP contribution in [0, 0.1) is 27.9 Å². The molecule has 0 radical (unpaired) electrons. The van der Waals surface area contributed by atoms with Crippen molar-refractivity contribution < 1.29 is 19.3 Å². The van der Waals surface area contributed by atoms with Crippen LogP contribution in [0.15, 0.2) is 0 Å². The SMILES string of the molecule is O=C(CCC1NC(C2CCCC([N+](=O)[O-])C2)NO1)NCCCNC1NNC(=O)C2CCCCC12. The second-order valence-corrected chi connectivity index (χ2v) is 10.1. The normalized spacial score (nSPS) is 35.9. The van der Waals surface area contributed by atoms with Crippen LogP contribution < -0.4 is 32.3 Å². The first-order valence-corrected chi connectivity index (χ1v) is 12.9. The van der Waals surface area contributed by atoms with E-state index in [1.54, 1.807) is 0 Å². The van der Waals surface area contributed by atoms with Gasteiger partial charge >= 0.3 is 0 Å². The summed E-state index contributed by atoms with van der Waals surface area (Å²) in [5, 5.41) is 20.9. The van der Waals surface area contributed by atoms with Crippen molar-refractivity contribution in [2.45, 2.75) is 95.2 Å². The summed E-state index contributed by atoms with van der Waals surface area (Å²) in [4.78, 5) is 40.7. The van der Waals surface area contributed by atoms with E-state index in [9.17, 15) is 19.7 Å². The van der Waals surface area contributed by atoms with Gasteiger partial charge in [0.15, 0.2) is 0 Å². The molecular formula is C22H39N7O5. The number of hydrazine groups is 1. The minimum absolute atomic E-state index is 0.0182. The average Bonchev–Trinajstić information content (AvgIpc) is 3.33. The Kier molecular flexibility index (Phi) is 9.06. The highest BCUT2D eigenvalue weighted by Gasteiger charge is 2.40. The topological polar surface area (TPSA) is 159 Å². The Bertz CT molecular complexity index is 726. The first-order valence-electron chi connectivity index (χ1n) is 12.9. The standard InChI is InChI=1S/C22H39N7O5/c30-18(9-10-19-25-20(28-34-19)14-5-3-6-15(13-14)29(32)33)23-11-4-12-24-21-16-7-1-2-8-17(16)22(31)27-26-21/h14-17,19-21,24-26,28H,1-13H2,(H,23,30)(H,27,31). The number of nitro groups is 1. The van der Waals surface area contributed by atoms with E-state index in [1.165, 1.54) is 6.42 Å². The lowest BCUT2D eigenvalue weighted by molar-refractivity contribution is -0.528. The highest BCUT2D eigenvalue weighted by Crippen LogP contribution is 2.33. The molecule has 0 bridgehead atoms. The van der Waals surface area contributed by atoms with Gasteiger partial charge in [-0.1, -0.05) is 12.8 Å². The van der Waals surface area contributed by atoms with Gasteiger partial charge in [-0.15, -0.1) is 0 Å². The molecule has 34 heavy (non-hydrogen) atoms. The van der Waals surface area contributed by atoms with Gasteiger partial charge in [0, 0.05) is 42.6 Å². The van der Waals surface area contributed by atoms with E-state index < -0.39 is 6.04 Å². The van der Waals surface area contributed by atoms with Crippen LogP contribution >= 0.6 is 0 Å². The molecule has 2 saturated heterocycles. The summed E-state index contributed by atoms with van der Waals surface area (Å²) in [7, 11) is 0. The Morgan fingerprint density at radius 1 is 1.15 bits per heavy atom. The van der Waals surface area contributed by atoms with E-state index in [4.69, 9.17) is 4.84 Å². The molecule has 0 aromatic heterocycles. The van der Waals surface area contributed by atoms with E-state index in [0.29, 0.717) is 38.1 Å². The molecule has 0 aromatic rings. The molecule has 4 aliphatic rings. The molecule has 192 valence electrons. The molecule has 0 spiro atoms. The minimum atomic E-state index is -0.474. The Balaban J connectivity index is 1.06. The van der Waals surface area contributed by atoms with Crippen molar-refractivity contribution in [3.05, 3.63) is 10.1 Å². The molecule has 7 unspecified atom stereocenters. The molecule has 7 atom stereocenters. The largest absolute Gasteiger partial charge is 0.356 e. The lowest BCUT2D eigenvalue weighted by Crippen LogP contribution is -2.64. The molecule has 4 fully saturated rings. The van der Waals surface area contributed by atoms with Gasteiger partial charge in [-0.25, -0.2) is 5.43 Å². The highest BCUT2D eigenvalue weighted by atomic mass is 16.7. The van der Waals surface area contributed by atoms with Crippen molar-refractivity contribution >= 4 is 11.8 Å². The predicted molar refractivity (Wildman–Crippen MR) is 123 cm³/mol. The zero-order valence-electron chi connectivity index (χ0n) is 19.7. The number of fused-ring (bicyclic) bond motifs is 1. The van der Waals surface area contributed by atoms with E-state index in [0.717, 1.165) is 45.1 Å². The fraction of sp³-hybridized carbons (Fsp3) is 0.909. The Morgan fingerprint density at radius 3 is 2.85 bits per heavy atom. The van der Waals surface area contributed by atoms with Gasteiger partial charge < -0.3 is 10.6 Å². The molecule has 2 aliphatic carbocycles. The molecule has 12 heteroatoms. The third-order valence-electron chi connectivity index (χ3n) is 7.77. The number of carbonyl (C=O) groups excluding carboxylic acids is 2. The highest BCUT2D eigenvalue weighted by molar-refractivity contribution is 5.79. The quantitative estimate of drug-likeness (QED) is 0.146. The molecule has 4 rings (SSSR count). The van der Waals surface area contributed by atoms with Gasteiger partial charge in [-0.3, -0.25) is 35.3 Å². The molecule has 2 aliphatic heterocycles. The van der Waals surface area contributed by atoms with E-state index in [2.05, 4.69) is 32.3 Å². The Morgan fingerprint density at radius 2 is 2.00 bits per heavy atom. The predicted octanol–water partition coefficient (Wildman–Crippen LogP) is 0.242. The van der Waals surface area contributed by atoms with Crippen LogP contribution in [0.1, 0.15) is 70.6 Å². The molecule has 6 N–H and O–H groups in total. The summed E-state index contributed by atoms with van der Waals surface area (Å²) in [5.74, 6) is 0.672. The number of nitrogens with zero attached hydrogens (tertiary/aromatic N) is 1. The van der Waals surface area contributed by atoms with Gasteiger partial charge in [0.05, 0.1) is 12.3 Å². The monoisotopic (exact) mass is 481 g/mol. The number of hydrogen-bond acceptors (Lipinski definition) is 9. The third-order valence-corrected chi connectivity index (χ3v) is 7.77. The number of carbonyl (C=O) groups is 2. The number of nitrogens with one attached hydrogen (secondary N) is 6. The van der Waals surface area contributed by atoms with E-state index >= 15 is 0 Å². The van der Waals surface area contributed by atoms with Crippen molar-refractivity contribution in [2.75, 3.05) is 13.1 Å². The van der Waals surface area contributed by atoms with Gasteiger partial charge in [0.1, 0.15) is 6.23 Å². The lowest BCUT2D eigenvalue weighted by Gasteiger charge is -2.41. The maximum Gasteiger partial charge on any atom is 0.237 e. The summed E-state index contributed by atoms with van der Waals surface area (Å²) in [5.41, 5.74) is 8.85. The minimum Gasteiger partial charge on any atom is -0.356 e. The molecule has 0 aromatic carbocycles. The van der Waals surface area contributed by atoms with Gasteiger partial charge in [0.25, 0.3) is 0 Å². The first kappa shape index (κ1) is 25.2. The molecule has 2 saturated carbocycles. The van der Waals surface area contributed by atoms with Gasteiger partial charge in [0.2, 0.25) is 17.9 Å². The van der Waals surface area contributed by atoms with Crippen molar-refractivity contribution in [2.24, 2.45) is 17.8 Å². The lowest BCUT2D eigenvalue weighted by atomic mass is 9.76. The van der Waals surface area contributed by atoms with Crippen LogP contribution in [-0.4, -0.2) is 54.4 Å². The van der Waals surface area contributed by atoms with Gasteiger partial charge in [-0.2, -0.15) is 5.48 Å². The molecular weight excluding hydrogens is 442 g/mol. The number of hydroxylamine groups is 1. The van der Waals surface area contributed by atoms with Crippen LogP contribution in [0.25, 0.3) is 0 Å². The fourth-order valence-electron chi connectivity index (χ4n) is 5.85. The second kappa shape index (κ2) is 12.2. The number of hydrogen-bond donors (Lipinski definition) is 6. The van der Waals surface area contributed by atoms with Crippen LogP contribution in [0.4, 0.5) is 0 Å². The van der Waals surface area contributed by atoms with Crippen LogP contribution in [0.2, 0.25) is 0 Å². The first-order chi connectivity index (χ1) is 16.5. The summed E-state index contributed by atoms with van der Waals surface area (Å²) in [6.07, 6.45) is 8.67. The fourth-order valence-corrected chi connectivity index (χ4v) is 5.85. The van der Waals surface area contributed by atoms with Crippen molar-refractivity contribution in [3.8, 4) is 0 Å². The number of rotatable bonds is 10. The summed E-state index contributed by atoms with van der Waals surface area (Å²) >= 11 is 0. The van der Waals surface area contributed by atoms with Crippen LogP contribution in [-0.2, 0) is 14.4 Å². The van der Waals surface area contributed by atoms with Crippen molar-refractivity contribution in [3.63, 3.8) is 0 Å². The third kappa shape index (κ3) is 6.63. The maximum atomic E-state index is 12.2. The Hall–Kier alpha value is -1.86. The average molecular weight is 482 g/mol. The summed E-state index contributed by atoms with van der Waals surface area (Å²) in [6, 6.07) is -0.474. The zero-order valence-corrected chi connectivity index (χ0v) is 19.7. The molecule has 2 amide bonds.